The highest BCUT2D eigenvalue weighted by Crippen LogP contribution is 2.11. The topological polar surface area (TPSA) is 95.5 Å². The average molecular weight is 292 g/mol. The zero-order valence-electron chi connectivity index (χ0n) is 11.9. The molecule has 114 valence electrons. The molecule has 1 rings (SSSR count). The smallest absolute Gasteiger partial charge is 0.338 e. The maximum atomic E-state index is 11.6. The lowest BCUT2D eigenvalue weighted by Gasteiger charge is -2.07. The van der Waals surface area contributed by atoms with Gasteiger partial charge in [-0.05, 0) is 43.5 Å². The van der Waals surface area contributed by atoms with Gasteiger partial charge in [0.15, 0.2) is 0 Å². The Labute approximate surface area is 123 Å². The molecule has 0 heterocycles. The van der Waals surface area contributed by atoms with E-state index in [-0.39, 0.29) is 25.2 Å². The van der Waals surface area contributed by atoms with Gasteiger partial charge in [-0.3, -0.25) is 4.79 Å². The molecule has 0 aliphatic rings. The monoisotopic (exact) mass is 292 g/mol. The fourth-order valence-electron chi connectivity index (χ4n) is 1.58. The predicted molar refractivity (Wildman–Crippen MR) is 74.5 cm³/mol. The van der Waals surface area contributed by atoms with Gasteiger partial charge in [0.1, 0.15) is 0 Å². The third-order valence-electron chi connectivity index (χ3n) is 2.63. The molecule has 1 amide bonds. The summed E-state index contributed by atoms with van der Waals surface area (Å²) in [5.41, 5.74) is 0.957. The van der Waals surface area contributed by atoms with Crippen LogP contribution in [0.15, 0.2) is 24.3 Å². The molecule has 0 fully saturated rings. The number of nitrogens with one attached hydrogen (secondary N) is 1. The summed E-state index contributed by atoms with van der Waals surface area (Å²) in [7, 11) is 0. The molecule has 0 aromatic heterocycles. The van der Waals surface area contributed by atoms with E-state index >= 15 is 0 Å². The SMILES string of the molecule is CCCOC(=O)c1ccc(NC(=O)CCCC(=O)[O-])cc1. The minimum absolute atomic E-state index is 0.105. The molecular formula is C15H18NO5-. The van der Waals surface area contributed by atoms with Crippen molar-refractivity contribution < 1.29 is 24.2 Å². The van der Waals surface area contributed by atoms with Crippen molar-refractivity contribution in [3.63, 3.8) is 0 Å². The second-order valence-corrected chi connectivity index (χ2v) is 4.49. The van der Waals surface area contributed by atoms with Crippen molar-refractivity contribution in [2.24, 2.45) is 0 Å². The van der Waals surface area contributed by atoms with Gasteiger partial charge in [0.05, 0.1) is 12.2 Å². The number of hydrogen-bond donors (Lipinski definition) is 1. The van der Waals surface area contributed by atoms with E-state index in [1.807, 2.05) is 6.92 Å². The Morgan fingerprint density at radius 2 is 1.81 bits per heavy atom. The summed E-state index contributed by atoms with van der Waals surface area (Å²) < 4.78 is 4.99. The van der Waals surface area contributed by atoms with Crippen LogP contribution in [-0.4, -0.2) is 24.5 Å². The van der Waals surface area contributed by atoms with Crippen molar-refractivity contribution in [1.82, 2.24) is 0 Å². The van der Waals surface area contributed by atoms with Crippen LogP contribution in [0.3, 0.4) is 0 Å². The van der Waals surface area contributed by atoms with Crippen molar-refractivity contribution >= 4 is 23.5 Å². The van der Waals surface area contributed by atoms with Gasteiger partial charge in [-0.1, -0.05) is 6.92 Å². The third kappa shape index (κ3) is 6.56. The summed E-state index contributed by atoms with van der Waals surface area (Å²) in [5, 5.41) is 12.8. The molecule has 21 heavy (non-hydrogen) atoms. The number of aliphatic carboxylic acids is 1. The number of benzene rings is 1. The first-order valence-electron chi connectivity index (χ1n) is 6.79. The van der Waals surface area contributed by atoms with Crippen molar-refractivity contribution in [2.45, 2.75) is 32.6 Å². The van der Waals surface area contributed by atoms with Gasteiger partial charge in [-0.25, -0.2) is 4.79 Å². The van der Waals surface area contributed by atoms with Crippen LogP contribution in [0, 0.1) is 0 Å². The zero-order chi connectivity index (χ0) is 15.7. The molecule has 0 radical (unpaired) electrons. The van der Waals surface area contributed by atoms with Gasteiger partial charge >= 0.3 is 5.97 Å². The molecule has 0 atom stereocenters. The van der Waals surface area contributed by atoms with E-state index in [9.17, 15) is 19.5 Å². The number of anilines is 1. The first kappa shape index (κ1) is 16.7. The highest BCUT2D eigenvalue weighted by Gasteiger charge is 2.07. The number of carbonyl (C=O) groups is 3. The third-order valence-corrected chi connectivity index (χ3v) is 2.63. The molecule has 6 nitrogen and oxygen atoms in total. The van der Waals surface area contributed by atoms with E-state index in [2.05, 4.69) is 5.32 Å². The Morgan fingerprint density at radius 1 is 1.14 bits per heavy atom. The van der Waals surface area contributed by atoms with E-state index in [0.717, 1.165) is 6.42 Å². The Kier molecular flexibility index (Phi) is 6.94. The molecule has 0 bridgehead atoms. The number of esters is 1. The molecule has 0 spiro atoms. The van der Waals surface area contributed by atoms with Gasteiger partial charge in [0.25, 0.3) is 0 Å². The summed E-state index contributed by atoms with van der Waals surface area (Å²) in [6, 6.07) is 6.32. The van der Waals surface area contributed by atoms with Crippen LogP contribution < -0.4 is 10.4 Å². The van der Waals surface area contributed by atoms with Crippen LogP contribution in [0.5, 0.6) is 0 Å². The maximum absolute atomic E-state index is 11.6. The number of carboxylic acid groups (broad SMARTS) is 1. The number of amides is 1. The second kappa shape index (κ2) is 8.73. The first-order valence-corrected chi connectivity index (χ1v) is 6.79. The molecule has 0 saturated carbocycles. The van der Waals surface area contributed by atoms with Crippen LogP contribution in [-0.2, 0) is 14.3 Å². The van der Waals surface area contributed by atoms with Crippen LogP contribution in [0.4, 0.5) is 5.69 Å². The minimum atomic E-state index is -1.17. The highest BCUT2D eigenvalue weighted by molar-refractivity contribution is 5.93. The van der Waals surface area contributed by atoms with Crippen LogP contribution in [0.2, 0.25) is 0 Å². The summed E-state index contributed by atoms with van der Waals surface area (Å²) in [6.45, 7) is 2.28. The van der Waals surface area contributed by atoms with Crippen molar-refractivity contribution in [3.05, 3.63) is 29.8 Å². The standard InChI is InChI=1S/C15H19NO5/c1-2-10-21-15(20)11-6-8-12(9-7-11)16-13(17)4-3-5-14(18)19/h6-9H,2-5,10H2,1H3,(H,16,17)(H,18,19)/p-1. The number of hydrogen-bond acceptors (Lipinski definition) is 5. The number of rotatable bonds is 8. The molecular weight excluding hydrogens is 274 g/mol. The van der Waals surface area contributed by atoms with Crippen molar-refractivity contribution in [2.75, 3.05) is 11.9 Å². The van der Waals surface area contributed by atoms with Gasteiger partial charge in [-0.2, -0.15) is 0 Å². The van der Waals surface area contributed by atoms with E-state index in [1.54, 1.807) is 24.3 Å². The van der Waals surface area contributed by atoms with E-state index in [0.29, 0.717) is 17.9 Å². The summed E-state index contributed by atoms with van der Waals surface area (Å²) in [5.74, 6) is -1.85. The quantitative estimate of drug-likeness (QED) is 0.724. The minimum Gasteiger partial charge on any atom is -0.550 e. The van der Waals surface area contributed by atoms with Crippen molar-refractivity contribution in [3.8, 4) is 0 Å². The molecule has 0 aliphatic carbocycles. The summed E-state index contributed by atoms with van der Waals surface area (Å²) >= 11 is 0. The lowest BCUT2D eigenvalue weighted by atomic mass is 10.2. The molecule has 0 aliphatic heterocycles. The number of carbonyl (C=O) groups excluding carboxylic acids is 3. The number of carboxylic acids is 1. The molecule has 1 aromatic rings. The fourth-order valence-corrected chi connectivity index (χ4v) is 1.58. The maximum Gasteiger partial charge on any atom is 0.338 e. The van der Waals surface area contributed by atoms with E-state index in [4.69, 9.17) is 4.74 Å². The summed E-state index contributed by atoms with van der Waals surface area (Å²) in [6.07, 6.45) is 0.950. The fraction of sp³-hybridized carbons (Fsp3) is 0.400. The predicted octanol–water partition coefficient (Wildman–Crippen LogP) is 1.11. The molecule has 0 saturated heterocycles. The Bertz CT molecular complexity index is 495. The first-order chi connectivity index (χ1) is 10.0. The van der Waals surface area contributed by atoms with Gasteiger partial charge in [0.2, 0.25) is 5.91 Å². The highest BCUT2D eigenvalue weighted by atomic mass is 16.5. The molecule has 1 aromatic carbocycles. The Balaban J connectivity index is 2.45. The van der Waals surface area contributed by atoms with Crippen LogP contribution in [0.1, 0.15) is 43.0 Å². The van der Waals surface area contributed by atoms with E-state index in [1.165, 1.54) is 0 Å². The van der Waals surface area contributed by atoms with Crippen LogP contribution in [0.25, 0.3) is 0 Å². The van der Waals surface area contributed by atoms with Gasteiger partial charge in [-0.15, -0.1) is 0 Å². The largest absolute Gasteiger partial charge is 0.550 e. The van der Waals surface area contributed by atoms with E-state index < -0.39 is 11.9 Å². The Morgan fingerprint density at radius 3 is 2.38 bits per heavy atom. The Hall–Kier alpha value is -2.37. The van der Waals surface area contributed by atoms with Gasteiger partial charge < -0.3 is 20.0 Å². The van der Waals surface area contributed by atoms with Gasteiger partial charge in [0, 0.05) is 18.1 Å². The van der Waals surface area contributed by atoms with Crippen LogP contribution >= 0.6 is 0 Å². The van der Waals surface area contributed by atoms with Crippen molar-refractivity contribution in [1.29, 1.82) is 0 Å². The number of ether oxygens (including phenoxy) is 1. The molecule has 0 unspecified atom stereocenters. The summed E-state index contributed by atoms with van der Waals surface area (Å²) in [4.78, 5) is 33.3. The lowest BCUT2D eigenvalue weighted by molar-refractivity contribution is -0.305. The zero-order valence-corrected chi connectivity index (χ0v) is 11.9. The normalized spacial score (nSPS) is 9.95. The lowest BCUT2D eigenvalue weighted by Crippen LogP contribution is -2.22. The average Bonchev–Trinajstić information content (AvgIpc) is 2.45. The molecule has 1 N–H and O–H groups in total. The second-order valence-electron chi connectivity index (χ2n) is 4.49. The molecule has 6 heteroatoms.